The van der Waals surface area contributed by atoms with E-state index in [1.54, 1.807) is 0 Å². The number of primary amides is 1. The van der Waals surface area contributed by atoms with Gasteiger partial charge < -0.3 is 10.6 Å². The van der Waals surface area contributed by atoms with Crippen molar-refractivity contribution in [1.82, 2.24) is 10.2 Å². The molecule has 1 atom stereocenters. The lowest BCUT2D eigenvalue weighted by Crippen LogP contribution is -2.54. The number of benzene rings is 1. The third-order valence-electron chi connectivity index (χ3n) is 2.96. The average molecular weight is 231 g/mol. The lowest BCUT2D eigenvalue weighted by Gasteiger charge is -2.35. The Kier molecular flexibility index (Phi) is 3.44. The first-order chi connectivity index (χ1) is 8.16. The second-order valence-corrected chi connectivity index (χ2v) is 4.27. The van der Waals surface area contributed by atoms with Crippen LogP contribution in [-0.4, -0.2) is 29.9 Å². The number of carbonyl (C=O) groups is 1. The van der Waals surface area contributed by atoms with E-state index in [0.717, 1.165) is 12.2 Å². The van der Waals surface area contributed by atoms with Gasteiger partial charge in [0.05, 0.1) is 0 Å². The summed E-state index contributed by atoms with van der Waals surface area (Å²) in [5, 5.41) is 3.07. The van der Waals surface area contributed by atoms with Gasteiger partial charge in [-0.15, -0.1) is 0 Å². The van der Waals surface area contributed by atoms with Crippen molar-refractivity contribution in [3.63, 3.8) is 0 Å². The fourth-order valence-corrected chi connectivity index (χ4v) is 1.94. The maximum absolute atomic E-state index is 11.2. The second-order valence-electron chi connectivity index (χ2n) is 4.27. The molecular formula is C13H17N3O. The zero-order valence-electron chi connectivity index (χ0n) is 9.73. The van der Waals surface area contributed by atoms with Crippen LogP contribution >= 0.6 is 0 Å². The summed E-state index contributed by atoms with van der Waals surface area (Å²) >= 11 is 0. The van der Waals surface area contributed by atoms with Crippen molar-refractivity contribution in [3.05, 3.63) is 48.2 Å². The number of hydrogen-bond donors (Lipinski definition) is 2. The molecule has 2 rings (SSSR count). The van der Waals surface area contributed by atoms with Gasteiger partial charge in [0.15, 0.2) is 0 Å². The molecule has 1 aromatic carbocycles. The van der Waals surface area contributed by atoms with Crippen molar-refractivity contribution in [2.24, 2.45) is 5.73 Å². The Hall–Kier alpha value is -1.81. The summed E-state index contributed by atoms with van der Waals surface area (Å²) in [4.78, 5) is 13.3. The smallest absolute Gasteiger partial charge is 0.236 e. The van der Waals surface area contributed by atoms with E-state index < -0.39 is 0 Å². The van der Waals surface area contributed by atoms with Gasteiger partial charge in [0.2, 0.25) is 5.91 Å². The van der Waals surface area contributed by atoms with Crippen molar-refractivity contribution in [2.45, 2.75) is 12.6 Å². The number of nitrogens with one attached hydrogen (secondary N) is 1. The van der Waals surface area contributed by atoms with Crippen LogP contribution in [0.3, 0.4) is 0 Å². The zero-order chi connectivity index (χ0) is 12.3. The highest BCUT2D eigenvalue weighted by atomic mass is 16.1. The topological polar surface area (TPSA) is 58.4 Å². The zero-order valence-corrected chi connectivity index (χ0v) is 9.73. The highest BCUT2D eigenvalue weighted by Crippen LogP contribution is 2.13. The minimum atomic E-state index is -0.310. The van der Waals surface area contributed by atoms with Gasteiger partial charge in [-0.3, -0.25) is 10.1 Å². The van der Waals surface area contributed by atoms with Crippen LogP contribution < -0.4 is 11.1 Å². The lowest BCUT2D eigenvalue weighted by atomic mass is 10.1. The van der Waals surface area contributed by atoms with Gasteiger partial charge >= 0.3 is 0 Å². The first-order valence-corrected chi connectivity index (χ1v) is 5.66. The van der Waals surface area contributed by atoms with Gasteiger partial charge in [-0.05, 0) is 5.56 Å². The number of nitrogens with two attached hydrogens (primary N) is 1. The molecule has 1 aliphatic rings. The van der Waals surface area contributed by atoms with Crippen LogP contribution in [0, 0.1) is 0 Å². The van der Waals surface area contributed by atoms with E-state index in [1.807, 2.05) is 18.2 Å². The Labute approximate surface area is 101 Å². The van der Waals surface area contributed by atoms with Gasteiger partial charge in [0, 0.05) is 25.3 Å². The summed E-state index contributed by atoms with van der Waals surface area (Å²) < 4.78 is 0. The molecule has 17 heavy (non-hydrogen) atoms. The van der Waals surface area contributed by atoms with Gasteiger partial charge in [0.1, 0.15) is 6.04 Å². The fourth-order valence-electron chi connectivity index (χ4n) is 1.94. The highest BCUT2D eigenvalue weighted by molar-refractivity contribution is 5.80. The highest BCUT2D eigenvalue weighted by Gasteiger charge is 2.24. The minimum absolute atomic E-state index is 0.288. The maximum Gasteiger partial charge on any atom is 0.236 e. The summed E-state index contributed by atoms with van der Waals surface area (Å²) in [6, 6.07) is 9.84. The molecule has 1 aliphatic heterocycles. The Morgan fingerprint density at radius 2 is 2.18 bits per heavy atom. The van der Waals surface area contributed by atoms with E-state index in [9.17, 15) is 4.79 Å². The molecule has 0 saturated carbocycles. The third-order valence-corrected chi connectivity index (χ3v) is 2.96. The van der Waals surface area contributed by atoms with Crippen molar-refractivity contribution in [1.29, 1.82) is 0 Å². The van der Waals surface area contributed by atoms with E-state index in [-0.39, 0.29) is 11.9 Å². The molecule has 3 N–H and O–H groups in total. The Morgan fingerprint density at radius 1 is 1.47 bits per heavy atom. The molecule has 1 saturated heterocycles. The molecule has 0 radical (unpaired) electrons. The quantitative estimate of drug-likeness (QED) is 0.794. The largest absolute Gasteiger partial charge is 0.368 e. The molecule has 0 bridgehead atoms. The van der Waals surface area contributed by atoms with Gasteiger partial charge in [-0.25, -0.2) is 0 Å². The van der Waals surface area contributed by atoms with Gasteiger partial charge in [-0.1, -0.05) is 36.9 Å². The van der Waals surface area contributed by atoms with E-state index in [0.29, 0.717) is 13.1 Å². The second kappa shape index (κ2) is 5.01. The molecule has 1 unspecified atom stereocenters. The molecule has 1 amide bonds. The summed E-state index contributed by atoms with van der Waals surface area (Å²) in [5.41, 5.74) is 7.51. The molecule has 90 valence electrons. The summed E-state index contributed by atoms with van der Waals surface area (Å²) in [6.45, 7) is 5.96. The summed E-state index contributed by atoms with van der Waals surface area (Å²) in [7, 11) is 0. The molecule has 1 heterocycles. The van der Waals surface area contributed by atoms with E-state index in [4.69, 9.17) is 5.73 Å². The molecule has 4 nitrogen and oxygen atoms in total. The Morgan fingerprint density at radius 3 is 2.82 bits per heavy atom. The number of amides is 1. The lowest BCUT2D eigenvalue weighted by molar-refractivity contribution is -0.120. The number of carbonyl (C=O) groups excluding carboxylic acids is 1. The molecule has 1 aromatic rings. The predicted octanol–water partition coefficient (Wildman–Crippen LogP) is 0.459. The van der Waals surface area contributed by atoms with Crippen molar-refractivity contribution in [3.8, 4) is 0 Å². The van der Waals surface area contributed by atoms with E-state index in [2.05, 4.69) is 28.9 Å². The normalized spacial score (nSPS) is 20.4. The van der Waals surface area contributed by atoms with Crippen LogP contribution in [-0.2, 0) is 11.3 Å². The van der Waals surface area contributed by atoms with Crippen molar-refractivity contribution >= 4 is 5.91 Å². The molecule has 0 spiro atoms. The van der Waals surface area contributed by atoms with E-state index >= 15 is 0 Å². The molecule has 0 aliphatic carbocycles. The molecule has 1 fully saturated rings. The first-order valence-electron chi connectivity index (χ1n) is 5.66. The van der Waals surface area contributed by atoms with E-state index in [1.165, 1.54) is 5.56 Å². The maximum atomic E-state index is 11.2. The Bertz CT molecular complexity index is 416. The summed E-state index contributed by atoms with van der Waals surface area (Å²) in [5.74, 6) is -0.310. The number of piperazine rings is 1. The van der Waals surface area contributed by atoms with Crippen LogP contribution in [0.15, 0.2) is 42.6 Å². The predicted molar refractivity (Wildman–Crippen MR) is 67.0 cm³/mol. The molecular weight excluding hydrogens is 214 g/mol. The van der Waals surface area contributed by atoms with Crippen LogP contribution in [0.5, 0.6) is 0 Å². The minimum Gasteiger partial charge on any atom is -0.368 e. The Balaban J connectivity index is 2.04. The van der Waals surface area contributed by atoms with Gasteiger partial charge in [0.25, 0.3) is 0 Å². The van der Waals surface area contributed by atoms with Crippen LogP contribution in [0.25, 0.3) is 0 Å². The number of hydrogen-bond acceptors (Lipinski definition) is 3. The molecule has 4 heteroatoms. The summed E-state index contributed by atoms with van der Waals surface area (Å²) in [6.07, 6.45) is 0. The number of nitrogens with zero attached hydrogens (tertiary/aromatic N) is 1. The van der Waals surface area contributed by atoms with Crippen LogP contribution in [0.4, 0.5) is 0 Å². The fraction of sp³-hybridized carbons (Fsp3) is 0.308. The standard InChI is InChI=1S/C13H17N3O/c1-10-7-15-12(13(14)17)9-16(10)8-11-5-3-2-4-6-11/h2-6,12,15H,1,7-9H2,(H2,14,17). The van der Waals surface area contributed by atoms with Crippen molar-refractivity contribution < 1.29 is 4.79 Å². The van der Waals surface area contributed by atoms with Crippen molar-refractivity contribution in [2.75, 3.05) is 13.1 Å². The monoisotopic (exact) mass is 231 g/mol. The SMILES string of the molecule is C=C1CNC(C(N)=O)CN1Cc1ccccc1. The first kappa shape index (κ1) is 11.7. The van der Waals surface area contributed by atoms with Crippen LogP contribution in [0.2, 0.25) is 0 Å². The van der Waals surface area contributed by atoms with Crippen LogP contribution in [0.1, 0.15) is 5.56 Å². The number of rotatable bonds is 3. The third kappa shape index (κ3) is 2.85. The molecule has 0 aromatic heterocycles. The van der Waals surface area contributed by atoms with Gasteiger partial charge in [-0.2, -0.15) is 0 Å². The average Bonchev–Trinajstić information content (AvgIpc) is 2.33.